The molecule has 2 N–H and O–H groups in total. The summed E-state index contributed by atoms with van der Waals surface area (Å²) in [6.07, 6.45) is 1.90. The molecule has 0 aliphatic heterocycles. The van der Waals surface area contributed by atoms with Crippen molar-refractivity contribution < 1.29 is 8.42 Å². The molecule has 1 aromatic carbocycles. The van der Waals surface area contributed by atoms with E-state index in [0.29, 0.717) is 5.56 Å². The lowest BCUT2D eigenvalue weighted by atomic mass is 9.88. The second-order valence-electron chi connectivity index (χ2n) is 5.59. The maximum Gasteiger partial charge on any atom is 0.238 e. The SMILES string of the molecule is CCC(C)c1cc(CC#N)c(C(C)CC)c(S(N)(=O)=O)c1. The number of benzene rings is 1. The molecule has 0 radical (unpaired) electrons. The molecule has 21 heavy (non-hydrogen) atoms. The van der Waals surface area contributed by atoms with Gasteiger partial charge in [-0.15, -0.1) is 0 Å². The van der Waals surface area contributed by atoms with Crippen molar-refractivity contribution in [3.05, 3.63) is 28.8 Å². The van der Waals surface area contributed by atoms with Gasteiger partial charge < -0.3 is 0 Å². The summed E-state index contributed by atoms with van der Waals surface area (Å²) in [7, 11) is -3.80. The number of hydrogen-bond acceptors (Lipinski definition) is 3. The van der Waals surface area contributed by atoms with E-state index in [1.807, 2.05) is 33.8 Å². The first-order chi connectivity index (χ1) is 9.76. The topological polar surface area (TPSA) is 83.9 Å². The Morgan fingerprint density at radius 2 is 1.76 bits per heavy atom. The lowest BCUT2D eigenvalue weighted by Crippen LogP contribution is -2.18. The standard InChI is InChI=1S/C16H24N2O2S/c1-5-11(3)14-9-13(7-8-17)16(12(4)6-2)15(10-14)21(18,19)20/h9-12H,5-7H2,1-4H3,(H2,18,19,20). The van der Waals surface area contributed by atoms with Crippen molar-refractivity contribution in [2.45, 2.75) is 63.7 Å². The van der Waals surface area contributed by atoms with Crippen LogP contribution >= 0.6 is 0 Å². The Bertz CT molecular complexity index is 645. The molecular weight excluding hydrogens is 284 g/mol. The van der Waals surface area contributed by atoms with Gasteiger partial charge in [0.2, 0.25) is 10.0 Å². The van der Waals surface area contributed by atoms with Crippen LogP contribution in [0.1, 0.15) is 69.1 Å². The van der Waals surface area contributed by atoms with E-state index >= 15 is 0 Å². The molecule has 2 atom stereocenters. The van der Waals surface area contributed by atoms with Crippen molar-refractivity contribution in [2.24, 2.45) is 5.14 Å². The van der Waals surface area contributed by atoms with Crippen molar-refractivity contribution in [2.75, 3.05) is 0 Å². The van der Waals surface area contributed by atoms with Crippen LogP contribution in [0.2, 0.25) is 0 Å². The second kappa shape index (κ2) is 7.06. The van der Waals surface area contributed by atoms with Gasteiger partial charge in [-0.25, -0.2) is 13.6 Å². The molecule has 0 aliphatic rings. The second-order valence-corrected chi connectivity index (χ2v) is 7.12. The zero-order chi connectivity index (χ0) is 16.2. The molecule has 2 unspecified atom stereocenters. The summed E-state index contributed by atoms with van der Waals surface area (Å²) >= 11 is 0. The fourth-order valence-corrected chi connectivity index (χ4v) is 3.40. The lowest BCUT2D eigenvalue weighted by molar-refractivity contribution is 0.592. The Labute approximate surface area is 128 Å². The zero-order valence-electron chi connectivity index (χ0n) is 13.2. The van der Waals surface area contributed by atoms with Gasteiger partial charge in [0.1, 0.15) is 0 Å². The smallest absolute Gasteiger partial charge is 0.225 e. The lowest BCUT2D eigenvalue weighted by Gasteiger charge is -2.21. The van der Waals surface area contributed by atoms with Gasteiger partial charge in [0.15, 0.2) is 0 Å². The Hall–Kier alpha value is -1.38. The van der Waals surface area contributed by atoms with Crippen LogP contribution < -0.4 is 5.14 Å². The van der Waals surface area contributed by atoms with Gasteiger partial charge in [0.05, 0.1) is 17.4 Å². The monoisotopic (exact) mass is 308 g/mol. The van der Waals surface area contributed by atoms with Crippen LogP contribution in [0.3, 0.4) is 0 Å². The van der Waals surface area contributed by atoms with Crippen molar-refractivity contribution in [3.8, 4) is 6.07 Å². The number of rotatable bonds is 6. The van der Waals surface area contributed by atoms with E-state index in [9.17, 15) is 8.42 Å². The zero-order valence-corrected chi connectivity index (χ0v) is 14.0. The van der Waals surface area contributed by atoms with Gasteiger partial charge in [-0.1, -0.05) is 33.8 Å². The summed E-state index contributed by atoms with van der Waals surface area (Å²) in [5, 5.41) is 14.5. The first kappa shape index (κ1) is 17.7. The minimum absolute atomic E-state index is 0.0488. The minimum Gasteiger partial charge on any atom is -0.225 e. The summed E-state index contributed by atoms with van der Waals surface area (Å²) in [4.78, 5) is 0.180. The summed E-state index contributed by atoms with van der Waals surface area (Å²) in [6, 6.07) is 5.78. The molecule has 0 saturated carbocycles. The largest absolute Gasteiger partial charge is 0.238 e. The van der Waals surface area contributed by atoms with Gasteiger partial charge in [0, 0.05) is 0 Å². The first-order valence-corrected chi connectivity index (χ1v) is 8.87. The first-order valence-electron chi connectivity index (χ1n) is 7.32. The highest BCUT2D eigenvalue weighted by molar-refractivity contribution is 7.89. The molecule has 0 aliphatic carbocycles. The summed E-state index contributed by atoms with van der Waals surface area (Å²) in [6.45, 7) is 8.05. The fraction of sp³-hybridized carbons (Fsp3) is 0.562. The van der Waals surface area contributed by atoms with Gasteiger partial charge in [-0.05, 0) is 47.4 Å². The highest BCUT2D eigenvalue weighted by Gasteiger charge is 2.23. The van der Waals surface area contributed by atoms with Crippen LogP contribution in [0.4, 0.5) is 0 Å². The molecule has 0 fully saturated rings. The van der Waals surface area contributed by atoms with Crippen LogP contribution in [0.25, 0.3) is 0 Å². The van der Waals surface area contributed by atoms with Gasteiger partial charge in [-0.2, -0.15) is 5.26 Å². The highest BCUT2D eigenvalue weighted by Crippen LogP contribution is 2.33. The Kier molecular flexibility index (Phi) is 5.94. The van der Waals surface area contributed by atoms with Gasteiger partial charge >= 0.3 is 0 Å². The summed E-state index contributed by atoms with van der Waals surface area (Å²) in [5.74, 6) is 0.279. The number of primary sulfonamides is 1. The number of nitriles is 1. The van der Waals surface area contributed by atoms with Gasteiger partial charge in [0.25, 0.3) is 0 Å². The molecule has 0 aromatic heterocycles. The Morgan fingerprint density at radius 3 is 2.19 bits per heavy atom. The van der Waals surface area contributed by atoms with Crippen molar-refractivity contribution >= 4 is 10.0 Å². The van der Waals surface area contributed by atoms with E-state index in [2.05, 4.69) is 6.07 Å². The Balaban J connectivity index is 3.71. The quantitative estimate of drug-likeness (QED) is 0.873. The molecule has 0 saturated heterocycles. The van der Waals surface area contributed by atoms with E-state index in [4.69, 9.17) is 10.4 Å². The molecule has 1 rings (SSSR count). The highest BCUT2D eigenvalue weighted by atomic mass is 32.2. The maximum absolute atomic E-state index is 12.0. The molecule has 0 heterocycles. The van der Waals surface area contributed by atoms with Gasteiger partial charge in [-0.3, -0.25) is 0 Å². The van der Waals surface area contributed by atoms with E-state index in [-0.39, 0.29) is 23.2 Å². The van der Waals surface area contributed by atoms with Crippen molar-refractivity contribution in [1.82, 2.24) is 0 Å². The summed E-state index contributed by atoms with van der Waals surface area (Å²) < 4.78 is 24.0. The Morgan fingerprint density at radius 1 is 1.19 bits per heavy atom. The third-order valence-corrected chi connectivity index (χ3v) is 5.06. The van der Waals surface area contributed by atoms with Crippen LogP contribution in [-0.4, -0.2) is 8.42 Å². The average Bonchev–Trinajstić information content (AvgIpc) is 2.44. The van der Waals surface area contributed by atoms with Crippen molar-refractivity contribution in [1.29, 1.82) is 5.26 Å². The maximum atomic E-state index is 12.0. The summed E-state index contributed by atoms with van der Waals surface area (Å²) in [5.41, 5.74) is 2.42. The molecule has 0 amide bonds. The molecule has 0 bridgehead atoms. The van der Waals surface area contributed by atoms with E-state index < -0.39 is 10.0 Å². The van der Waals surface area contributed by atoms with Crippen LogP contribution in [0.15, 0.2) is 17.0 Å². The minimum atomic E-state index is -3.80. The number of hydrogen-bond donors (Lipinski definition) is 1. The van der Waals surface area contributed by atoms with E-state index in [1.54, 1.807) is 6.07 Å². The average molecular weight is 308 g/mol. The van der Waals surface area contributed by atoms with Crippen LogP contribution in [0.5, 0.6) is 0 Å². The normalized spacial score (nSPS) is 14.5. The molecular formula is C16H24N2O2S. The third kappa shape index (κ3) is 4.05. The fourth-order valence-electron chi connectivity index (χ4n) is 2.46. The van der Waals surface area contributed by atoms with Crippen LogP contribution in [-0.2, 0) is 16.4 Å². The predicted octanol–water partition coefficient (Wildman–Crippen LogP) is 3.43. The number of nitrogens with two attached hydrogens (primary N) is 1. The number of nitrogens with zero attached hydrogens (tertiary/aromatic N) is 1. The van der Waals surface area contributed by atoms with Crippen LogP contribution in [0, 0.1) is 11.3 Å². The predicted molar refractivity (Wildman–Crippen MR) is 84.5 cm³/mol. The molecule has 0 spiro atoms. The van der Waals surface area contributed by atoms with E-state index in [1.165, 1.54) is 0 Å². The molecule has 116 valence electrons. The molecule has 1 aromatic rings. The van der Waals surface area contributed by atoms with Crippen molar-refractivity contribution in [3.63, 3.8) is 0 Å². The van der Waals surface area contributed by atoms with E-state index in [0.717, 1.165) is 24.0 Å². The molecule has 5 heteroatoms. The number of sulfonamides is 1. The molecule has 4 nitrogen and oxygen atoms in total. The third-order valence-electron chi connectivity index (χ3n) is 4.11.